The molecule has 3 aliphatic rings. The van der Waals surface area contributed by atoms with E-state index >= 15 is 0 Å². The highest BCUT2D eigenvalue weighted by Crippen LogP contribution is 2.33. The Bertz CT molecular complexity index is 721. The fraction of sp³-hybridized carbons (Fsp3) is 0.500. The van der Waals surface area contributed by atoms with Crippen molar-refractivity contribution in [3.63, 3.8) is 0 Å². The smallest absolute Gasteiger partial charge is 0.270 e. The number of piperidine rings is 3. The van der Waals surface area contributed by atoms with Crippen LogP contribution in [0.15, 0.2) is 17.6 Å². The van der Waals surface area contributed by atoms with Gasteiger partial charge in [0, 0.05) is 29.0 Å². The van der Waals surface area contributed by atoms with Gasteiger partial charge in [0.2, 0.25) is 0 Å². The molecular formula is C16H18ClN3OS. The molecular weight excluding hydrogens is 318 g/mol. The van der Waals surface area contributed by atoms with Gasteiger partial charge in [0.05, 0.1) is 9.72 Å². The first-order valence-electron chi connectivity index (χ1n) is 7.71. The minimum absolute atomic E-state index is 0.0882. The molecule has 2 unspecified atom stereocenters. The molecule has 22 heavy (non-hydrogen) atoms. The number of hydrogen-bond acceptors (Lipinski definition) is 4. The number of pyridine rings is 1. The molecule has 3 fully saturated rings. The van der Waals surface area contributed by atoms with Crippen molar-refractivity contribution in [1.82, 2.24) is 15.2 Å². The van der Waals surface area contributed by atoms with Crippen LogP contribution in [0.25, 0.3) is 10.1 Å². The Labute approximate surface area is 138 Å². The molecule has 5 rings (SSSR count). The van der Waals surface area contributed by atoms with E-state index in [1.165, 1.54) is 12.8 Å². The zero-order valence-electron chi connectivity index (χ0n) is 12.4. The number of rotatable bonds is 2. The molecule has 4 nitrogen and oxygen atoms in total. The Hall–Kier alpha value is -1.17. The molecule has 2 aromatic rings. The number of amides is 1. The zero-order chi connectivity index (χ0) is 15.3. The molecule has 1 N–H and O–H groups in total. The van der Waals surface area contributed by atoms with Crippen LogP contribution < -0.4 is 5.32 Å². The van der Waals surface area contributed by atoms with Crippen LogP contribution in [-0.2, 0) is 0 Å². The van der Waals surface area contributed by atoms with Gasteiger partial charge in [-0.3, -0.25) is 9.69 Å². The van der Waals surface area contributed by atoms with Crippen molar-refractivity contribution in [3.05, 3.63) is 28.4 Å². The van der Waals surface area contributed by atoms with Gasteiger partial charge in [-0.25, -0.2) is 4.98 Å². The molecule has 0 aromatic carbocycles. The number of thiophene rings is 1. The van der Waals surface area contributed by atoms with Gasteiger partial charge in [0.25, 0.3) is 5.91 Å². The minimum Gasteiger partial charge on any atom is -0.346 e. The Morgan fingerprint density at radius 1 is 1.45 bits per heavy atom. The molecule has 3 saturated heterocycles. The van der Waals surface area contributed by atoms with Gasteiger partial charge in [-0.05, 0) is 44.8 Å². The summed E-state index contributed by atoms with van der Waals surface area (Å²) in [5, 5.41) is 6.69. The fourth-order valence-electron chi connectivity index (χ4n) is 3.80. The Balaban J connectivity index is 1.57. The average molecular weight is 336 g/mol. The molecule has 0 aliphatic carbocycles. The number of fused-ring (bicyclic) bond motifs is 4. The summed E-state index contributed by atoms with van der Waals surface area (Å²) in [4.78, 5) is 19.3. The number of aromatic nitrogens is 1. The van der Waals surface area contributed by atoms with Crippen molar-refractivity contribution in [1.29, 1.82) is 0 Å². The van der Waals surface area contributed by atoms with Crippen LogP contribution in [0.4, 0.5) is 0 Å². The first kappa shape index (κ1) is 14.4. The van der Waals surface area contributed by atoms with Gasteiger partial charge in [-0.1, -0.05) is 11.6 Å². The normalized spacial score (nSPS) is 30.6. The molecule has 2 aromatic heterocycles. The molecule has 2 atom stereocenters. The summed E-state index contributed by atoms with van der Waals surface area (Å²) in [5.41, 5.74) is 0.455. The number of nitrogens with one attached hydrogen (secondary N) is 1. The van der Waals surface area contributed by atoms with Crippen LogP contribution >= 0.6 is 22.9 Å². The molecule has 0 spiro atoms. The summed E-state index contributed by atoms with van der Waals surface area (Å²) < 4.78 is 1.01. The molecule has 0 radical (unpaired) electrons. The highest BCUT2D eigenvalue weighted by molar-refractivity contribution is 7.17. The van der Waals surface area contributed by atoms with E-state index < -0.39 is 0 Å². The number of carbonyl (C=O) groups is 1. The van der Waals surface area contributed by atoms with Crippen molar-refractivity contribution < 1.29 is 4.79 Å². The summed E-state index contributed by atoms with van der Waals surface area (Å²) in [7, 11) is 0. The minimum atomic E-state index is -0.0882. The first-order chi connectivity index (χ1) is 10.6. The first-order valence-corrected chi connectivity index (χ1v) is 8.97. The monoisotopic (exact) mass is 335 g/mol. The average Bonchev–Trinajstić information content (AvgIpc) is 2.92. The van der Waals surface area contributed by atoms with Crippen LogP contribution in [0.3, 0.4) is 0 Å². The third-order valence-electron chi connectivity index (χ3n) is 5.12. The second kappa shape index (κ2) is 5.48. The van der Waals surface area contributed by atoms with E-state index in [4.69, 9.17) is 11.6 Å². The van der Waals surface area contributed by atoms with Crippen molar-refractivity contribution in [2.45, 2.75) is 31.8 Å². The van der Waals surface area contributed by atoms with E-state index in [1.807, 2.05) is 5.38 Å². The molecule has 5 heterocycles. The number of nitrogens with zero attached hydrogens (tertiary/aromatic N) is 2. The standard InChI is InChI=1S/C16H18ClN3OS/c1-9-15(10-2-4-20(9)5-3-10)19-16(21)13-6-11-12(17)8-22-14(11)7-18-13/h6-10,15H,2-5H2,1H3,(H,19,21). The van der Waals surface area contributed by atoms with E-state index in [0.29, 0.717) is 22.7 Å². The maximum atomic E-state index is 12.6. The van der Waals surface area contributed by atoms with E-state index in [2.05, 4.69) is 22.1 Å². The van der Waals surface area contributed by atoms with E-state index in [1.54, 1.807) is 23.6 Å². The molecule has 6 heteroatoms. The Morgan fingerprint density at radius 2 is 2.23 bits per heavy atom. The number of halogens is 1. The Morgan fingerprint density at radius 3 is 2.95 bits per heavy atom. The summed E-state index contributed by atoms with van der Waals surface area (Å²) in [6, 6.07) is 2.44. The molecule has 3 aliphatic heterocycles. The highest BCUT2D eigenvalue weighted by atomic mass is 35.5. The molecule has 0 saturated carbocycles. The van der Waals surface area contributed by atoms with Crippen molar-refractivity contribution in [2.24, 2.45) is 5.92 Å². The van der Waals surface area contributed by atoms with Gasteiger partial charge in [0.15, 0.2) is 0 Å². The summed E-state index contributed by atoms with van der Waals surface area (Å²) >= 11 is 7.71. The third kappa shape index (κ3) is 2.32. The van der Waals surface area contributed by atoms with Crippen LogP contribution in [0.1, 0.15) is 30.3 Å². The summed E-state index contributed by atoms with van der Waals surface area (Å²) in [6.07, 6.45) is 4.09. The fourth-order valence-corrected chi connectivity index (χ4v) is 4.91. The Kier molecular flexibility index (Phi) is 3.59. The molecule has 2 bridgehead atoms. The lowest BCUT2D eigenvalue weighted by Crippen LogP contribution is -2.62. The van der Waals surface area contributed by atoms with E-state index in [9.17, 15) is 4.79 Å². The maximum absolute atomic E-state index is 12.6. The highest BCUT2D eigenvalue weighted by Gasteiger charge is 2.40. The SMILES string of the molecule is CC1C(NC(=O)c2cc3c(Cl)csc3cn2)C2CCN1CC2. The number of carbonyl (C=O) groups excluding carboxylic acids is 1. The molecule has 116 valence electrons. The lowest BCUT2D eigenvalue weighted by molar-refractivity contribution is 0.0216. The van der Waals surface area contributed by atoms with Gasteiger partial charge in [0.1, 0.15) is 5.69 Å². The van der Waals surface area contributed by atoms with Crippen molar-refractivity contribution >= 4 is 38.9 Å². The predicted octanol–water partition coefficient (Wildman–Crippen LogP) is 3.16. The van der Waals surface area contributed by atoms with Gasteiger partial charge in [-0.2, -0.15) is 0 Å². The van der Waals surface area contributed by atoms with Gasteiger partial charge >= 0.3 is 0 Å². The predicted molar refractivity (Wildman–Crippen MR) is 89.6 cm³/mol. The van der Waals surface area contributed by atoms with Crippen molar-refractivity contribution in [3.8, 4) is 0 Å². The lowest BCUT2D eigenvalue weighted by Gasteiger charge is -2.49. The topological polar surface area (TPSA) is 45.2 Å². The van der Waals surface area contributed by atoms with Crippen LogP contribution in [0.5, 0.6) is 0 Å². The maximum Gasteiger partial charge on any atom is 0.270 e. The molecule has 1 amide bonds. The van der Waals surface area contributed by atoms with Gasteiger partial charge < -0.3 is 5.32 Å². The van der Waals surface area contributed by atoms with Crippen LogP contribution in [0.2, 0.25) is 5.02 Å². The quantitative estimate of drug-likeness (QED) is 0.917. The largest absolute Gasteiger partial charge is 0.346 e. The van der Waals surface area contributed by atoms with Gasteiger partial charge in [-0.15, -0.1) is 11.3 Å². The van der Waals surface area contributed by atoms with Crippen LogP contribution in [0, 0.1) is 5.92 Å². The van der Waals surface area contributed by atoms with E-state index in [0.717, 1.165) is 23.2 Å². The zero-order valence-corrected chi connectivity index (χ0v) is 14.0. The summed E-state index contributed by atoms with van der Waals surface area (Å²) in [5.74, 6) is 0.507. The lowest BCUT2D eigenvalue weighted by atomic mass is 9.79. The van der Waals surface area contributed by atoms with Crippen molar-refractivity contribution in [2.75, 3.05) is 13.1 Å². The van der Waals surface area contributed by atoms with Crippen LogP contribution in [-0.4, -0.2) is 41.0 Å². The second-order valence-electron chi connectivity index (χ2n) is 6.26. The summed E-state index contributed by atoms with van der Waals surface area (Å²) in [6.45, 7) is 4.53. The second-order valence-corrected chi connectivity index (χ2v) is 7.58. The third-order valence-corrected chi connectivity index (χ3v) is 6.50. The number of hydrogen-bond donors (Lipinski definition) is 1. The van der Waals surface area contributed by atoms with E-state index in [-0.39, 0.29) is 11.9 Å².